The minimum Gasteiger partial charge on any atom is -0.394 e. The lowest BCUT2D eigenvalue weighted by molar-refractivity contribution is -0.302. The molecule has 64 heavy (non-hydrogen) atoms. The van der Waals surface area contributed by atoms with Crippen LogP contribution in [-0.4, -0.2) is 87.5 Å². The number of carbonyl (C=O) groups excluding carboxylic acids is 1. The Morgan fingerprint density at radius 1 is 0.469 bits per heavy atom. The number of hydrogen-bond acceptors (Lipinski definition) is 8. The number of rotatable bonds is 49. The van der Waals surface area contributed by atoms with Gasteiger partial charge in [0.15, 0.2) is 6.29 Å². The highest BCUT2D eigenvalue weighted by molar-refractivity contribution is 5.76. The summed E-state index contributed by atoms with van der Waals surface area (Å²) < 4.78 is 11.3. The smallest absolute Gasteiger partial charge is 0.220 e. The monoisotopic (exact) mass is 912 g/mol. The van der Waals surface area contributed by atoms with Gasteiger partial charge in [-0.05, 0) is 12.8 Å². The van der Waals surface area contributed by atoms with Gasteiger partial charge in [-0.2, -0.15) is 0 Å². The van der Waals surface area contributed by atoms with Crippen molar-refractivity contribution in [2.75, 3.05) is 13.2 Å². The Morgan fingerprint density at radius 2 is 0.781 bits per heavy atom. The van der Waals surface area contributed by atoms with E-state index in [2.05, 4.69) is 19.2 Å². The summed E-state index contributed by atoms with van der Waals surface area (Å²) in [5.41, 5.74) is 0. The average Bonchev–Trinajstić information content (AvgIpc) is 3.29. The van der Waals surface area contributed by atoms with Gasteiger partial charge in [-0.15, -0.1) is 0 Å². The number of amides is 1. The fourth-order valence-electron chi connectivity index (χ4n) is 9.46. The Kier molecular flexibility index (Phi) is 43.9. The van der Waals surface area contributed by atoms with Gasteiger partial charge in [-0.3, -0.25) is 4.79 Å². The largest absolute Gasteiger partial charge is 0.394 e. The average molecular weight is 912 g/mol. The fourth-order valence-corrected chi connectivity index (χ4v) is 9.46. The maximum absolute atomic E-state index is 13.1. The summed E-state index contributed by atoms with van der Waals surface area (Å²) in [7, 11) is 0. The Hall–Kier alpha value is -0.810. The molecule has 1 saturated heterocycles. The lowest BCUT2D eigenvalue weighted by atomic mass is 9.99. The van der Waals surface area contributed by atoms with Gasteiger partial charge in [0.25, 0.3) is 0 Å². The fraction of sp³-hybridized carbons (Fsp3) is 0.982. The number of ether oxygens (including phenoxy) is 2. The van der Waals surface area contributed by atoms with Gasteiger partial charge in [0, 0.05) is 6.42 Å². The number of aliphatic hydroxyl groups excluding tert-OH is 5. The summed E-state index contributed by atoms with van der Waals surface area (Å²) in [5.74, 6) is -0.137. The molecule has 0 spiro atoms. The molecule has 1 aliphatic heterocycles. The molecule has 1 aliphatic rings. The van der Waals surface area contributed by atoms with E-state index in [9.17, 15) is 30.3 Å². The van der Waals surface area contributed by atoms with Crippen LogP contribution in [0.4, 0.5) is 0 Å². The predicted octanol–water partition coefficient (Wildman–Crippen LogP) is 13.5. The molecule has 9 heteroatoms. The van der Waals surface area contributed by atoms with E-state index in [-0.39, 0.29) is 12.5 Å². The quantitative estimate of drug-likeness (QED) is 0.0331. The Bertz CT molecular complexity index is 970. The van der Waals surface area contributed by atoms with Crippen LogP contribution >= 0.6 is 0 Å². The van der Waals surface area contributed by atoms with Gasteiger partial charge in [-0.1, -0.05) is 271 Å². The molecule has 0 saturated carbocycles. The topological polar surface area (TPSA) is 149 Å². The normalized spacial score (nSPS) is 19.9. The second-order valence-corrected chi connectivity index (χ2v) is 20.1. The minimum absolute atomic E-state index is 0.131. The third kappa shape index (κ3) is 35.3. The summed E-state index contributed by atoms with van der Waals surface area (Å²) in [6, 6.07) is -0.713. The number of nitrogens with one attached hydrogen (secondary N) is 1. The van der Waals surface area contributed by atoms with Crippen LogP contribution in [0.5, 0.6) is 0 Å². The van der Waals surface area contributed by atoms with Crippen molar-refractivity contribution in [2.24, 2.45) is 0 Å². The highest BCUT2D eigenvalue weighted by Crippen LogP contribution is 2.23. The molecule has 9 nitrogen and oxygen atoms in total. The van der Waals surface area contributed by atoms with Crippen LogP contribution in [0.2, 0.25) is 0 Å². The second kappa shape index (κ2) is 45.9. The minimum atomic E-state index is -1.55. The van der Waals surface area contributed by atoms with E-state index in [0.29, 0.717) is 12.8 Å². The molecule has 1 amide bonds. The molecule has 0 aromatic heterocycles. The maximum Gasteiger partial charge on any atom is 0.220 e. The van der Waals surface area contributed by atoms with Gasteiger partial charge in [0.2, 0.25) is 5.91 Å². The number of carbonyl (C=O) groups is 1. The van der Waals surface area contributed by atoms with Gasteiger partial charge in [0.05, 0.1) is 25.4 Å². The van der Waals surface area contributed by atoms with E-state index in [1.54, 1.807) is 0 Å². The first kappa shape index (κ1) is 61.2. The van der Waals surface area contributed by atoms with Crippen molar-refractivity contribution in [3.63, 3.8) is 0 Å². The molecule has 2 unspecified atom stereocenters. The van der Waals surface area contributed by atoms with Crippen molar-refractivity contribution in [1.29, 1.82) is 0 Å². The van der Waals surface area contributed by atoms with E-state index in [1.807, 2.05) is 0 Å². The van der Waals surface area contributed by atoms with Crippen LogP contribution < -0.4 is 5.32 Å². The molecule has 1 fully saturated rings. The summed E-state index contributed by atoms with van der Waals surface area (Å²) in [4.78, 5) is 13.1. The van der Waals surface area contributed by atoms with Crippen LogP contribution in [-0.2, 0) is 14.3 Å². The van der Waals surface area contributed by atoms with Crippen molar-refractivity contribution < 1.29 is 39.8 Å². The molecule has 6 N–H and O–H groups in total. The summed E-state index contributed by atoms with van der Waals surface area (Å²) in [6.07, 6.45) is 47.0. The zero-order chi connectivity index (χ0) is 46.6. The van der Waals surface area contributed by atoms with Crippen LogP contribution in [0.15, 0.2) is 0 Å². The van der Waals surface area contributed by atoms with Crippen molar-refractivity contribution in [2.45, 2.75) is 333 Å². The lowest BCUT2D eigenvalue weighted by Crippen LogP contribution is -2.60. The van der Waals surface area contributed by atoms with E-state index >= 15 is 0 Å². The molecule has 0 aromatic carbocycles. The Morgan fingerprint density at radius 3 is 1.11 bits per heavy atom. The van der Waals surface area contributed by atoms with Crippen molar-refractivity contribution in [3.05, 3.63) is 0 Å². The van der Waals surface area contributed by atoms with Gasteiger partial charge in [0.1, 0.15) is 24.4 Å². The van der Waals surface area contributed by atoms with Crippen LogP contribution in [0, 0.1) is 0 Å². The molecule has 0 radical (unpaired) electrons. The molecule has 0 aromatic rings. The molecular formula is C55H109NO8. The standard InChI is InChI=1S/C55H109NO8/c1-3-5-7-9-11-13-15-17-19-21-22-23-24-25-26-27-28-29-31-33-35-37-39-41-43-45-51(59)56-48(47-63-55-54(62)53(61)52(60)50(46-57)64-55)49(58)44-42-40-38-36-34-32-30-20-18-16-14-12-10-8-6-4-2/h48-50,52-55,57-58,60-62H,3-47H2,1-2H3,(H,56,59)/t48-,49+,50+,52+,53?,54?,55+/m0/s1. The Labute approximate surface area is 395 Å². The van der Waals surface area contributed by atoms with Crippen LogP contribution in [0.1, 0.15) is 290 Å². The van der Waals surface area contributed by atoms with Gasteiger partial charge in [-0.25, -0.2) is 0 Å². The lowest BCUT2D eigenvalue weighted by Gasteiger charge is -2.40. The summed E-state index contributed by atoms with van der Waals surface area (Å²) in [6.45, 7) is 3.88. The van der Waals surface area contributed by atoms with Crippen molar-refractivity contribution in [3.8, 4) is 0 Å². The van der Waals surface area contributed by atoms with Gasteiger partial charge >= 0.3 is 0 Å². The number of unbranched alkanes of at least 4 members (excludes halogenated alkanes) is 39. The number of aliphatic hydroxyl groups is 5. The van der Waals surface area contributed by atoms with Crippen LogP contribution in [0.25, 0.3) is 0 Å². The number of hydrogen-bond donors (Lipinski definition) is 6. The van der Waals surface area contributed by atoms with Crippen molar-refractivity contribution >= 4 is 5.91 Å². The summed E-state index contributed by atoms with van der Waals surface area (Å²) in [5, 5.41) is 54.6. The highest BCUT2D eigenvalue weighted by atomic mass is 16.7. The SMILES string of the molecule is CCCCCCCCCCCCCCCCCCCCCCCCCCCC(=O)N[C@@H](CO[C@@H]1O[C@H](CO)[C@@H](O)C(O)C1O)[C@H](O)CCCCCCCCCCCCCCCCCC. The molecule has 382 valence electrons. The third-order valence-electron chi connectivity index (χ3n) is 14.0. The second-order valence-electron chi connectivity index (χ2n) is 20.1. The summed E-state index contributed by atoms with van der Waals surface area (Å²) >= 11 is 0. The van der Waals surface area contributed by atoms with E-state index in [4.69, 9.17) is 9.47 Å². The maximum atomic E-state index is 13.1. The first-order valence-corrected chi connectivity index (χ1v) is 28.2. The van der Waals surface area contributed by atoms with Crippen LogP contribution in [0.3, 0.4) is 0 Å². The molecule has 1 rings (SSSR count). The molecule has 7 atom stereocenters. The molecule has 0 bridgehead atoms. The zero-order valence-corrected chi connectivity index (χ0v) is 42.3. The first-order valence-electron chi connectivity index (χ1n) is 28.2. The van der Waals surface area contributed by atoms with E-state index < -0.39 is 49.5 Å². The van der Waals surface area contributed by atoms with E-state index in [0.717, 1.165) is 38.5 Å². The van der Waals surface area contributed by atoms with Crippen molar-refractivity contribution in [1.82, 2.24) is 5.32 Å². The third-order valence-corrected chi connectivity index (χ3v) is 14.0. The molecule has 1 heterocycles. The molecular weight excluding hydrogens is 803 g/mol. The van der Waals surface area contributed by atoms with E-state index in [1.165, 1.54) is 225 Å². The molecule has 0 aliphatic carbocycles. The highest BCUT2D eigenvalue weighted by Gasteiger charge is 2.44. The van der Waals surface area contributed by atoms with Gasteiger partial charge < -0.3 is 40.3 Å². The first-order chi connectivity index (χ1) is 31.3. The predicted molar refractivity (Wildman–Crippen MR) is 268 cm³/mol. The zero-order valence-electron chi connectivity index (χ0n) is 42.3. The Balaban J connectivity index is 2.17.